The van der Waals surface area contributed by atoms with E-state index in [9.17, 15) is 18.3 Å². The molecule has 0 fully saturated rings. The highest BCUT2D eigenvalue weighted by Gasteiger charge is 2.36. The predicted molar refractivity (Wildman–Crippen MR) is 128 cm³/mol. The van der Waals surface area contributed by atoms with Crippen molar-refractivity contribution in [2.45, 2.75) is 76.5 Å². The van der Waals surface area contributed by atoms with Crippen LogP contribution in [0.4, 0.5) is 0 Å². The minimum atomic E-state index is -3.97. The Bertz CT molecular complexity index is 1030. The molecule has 1 heterocycles. The first-order valence-electron chi connectivity index (χ1n) is 10.4. The molecule has 2 atom stereocenters. The smallest absolute Gasteiger partial charge is 0.336 e. The maximum absolute atomic E-state index is 13.1. The van der Waals surface area contributed by atoms with Crippen LogP contribution in [-0.4, -0.2) is 56.9 Å². The molecule has 0 amide bonds. The Kier molecular flexibility index (Phi) is 9.56. The summed E-state index contributed by atoms with van der Waals surface area (Å²) in [6.45, 7) is 9.46. The first-order valence-corrected chi connectivity index (χ1v) is 11.9. The summed E-state index contributed by atoms with van der Waals surface area (Å²) < 4.78 is 39.1. The van der Waals surface area contributed by atoms with Gasteiger partial charge in [0.2, 0.25) is 5.96 Å². The number of benzene rings is 1. The van der Waals surface area contributed by atoms with Crippen LogP contribution in [0.2, 0.25) is 0 Å². The number of sulfonamides is 1. The first-order chi connectivity index (χ1) is 14.7. The highest BCUT2D eigenvalue weighted by molar-refractivity contribution is 7.90. The summed E-state index contributed by atoms with van der Waals surface area (Å²) in [5.74, 6) is -0.311. The van der Waals surface area contributed by atoms with Gasteiger partial charge in [-0.15, -0.1) is 12.4 Å². The number of nitrogens with one attached hydrogen (secondary N) is 1. The number of fused-ring (bicyclic) bond motifs is 1. The molecular weight excluding hydrogens is 472 g/mol. The van der Waals surface area contributed by atoms with Gasteiger partial charge in [0, 0.05) is 24.6 Å². The summed E-state index contributed by atoms with van der Waals surface area (Å²) in [7, 11) is -2.81. The lowest BCUT2D eigenvalue weighted by Gasteiger charge is -2.19. The average molecular weight is 507 g/mol. The number of methoxy groups -OCH3 is 1. The summed E-state index contributed by atoms with van der Waals surface area (Å²) in [6.07, 6.45) is -0.153. The van der Waals surface area contributed by atoms with Crippen LogP contribution >= 0.6 is 12.4 Å². The summed E-state index contributed by atoms with van der Waals surface area (Å²) >= 11 is 0. The Morgan fingerprint density at radius 1 is 1.27 bits per heavy atom. The van der Waals surface area contributed by atoms with Crippen molar-refractivity contribution in [2.75, 3.05) is 13.7 Å². The lowest BCUT2D eigenvalue weighted by atomic mass is 9.94. The van der Waals surface area contributed by atoms with Gasteiger partial charge in [-0.1, -0.05) is 0 Å². The van der Waals surface area contributed by atoms with Gasteiger partial charge in [-0.05, 0) is 64.2 Å². The molecule has 0 saturated heterocycles. The van der Waals surface area contributed by atoms with Crippen molar-refractivity contribution in [3.8, 4) is 5.75 Å². The van der Waals surface area contributed by atoms with E-state index in [1.807, 2.05) is 20.8 Å². The Labute approximate surface area is 201 Å². The number of aliphatic imine (C=N–C) groups is 1. The molecule has 6 N–H and O–H groups in total. The molecule has 0 aromatic heterocycles. The normalized spacial score (nSPS) is 16.8. The summed E-state index contributed by atoms with van der Waals surface area (Å²) in [5, 5.41) is 9.69. The van der Waals surface area contributed by atoms with E-state index in [1.165, 1.54) is 0 Å². The van der Waals surface area contributed by atoms with Crippen LogP contribution < -0.4 is 20.9 Å². The second-order valence-corrected chi connectivity index (χ2v) is 10.3. The van der Waals surface area contributed by atoms with E-state index in [1.54, 1.807) is 13.8 Å². The minimum Gasteiger partial charge on any atom is -0.487 e. The van der Waals surface area contributed by atoms with Crippen LogP contribution in [-0.2, 0) is 26.0 Å². The number of aliphatic hydroxyl groups is 1. The van der Waals surface area contributed by atoms with Gasteiger partial charge in [-0.3, -0.25) is 4.99 Å². The van der Waals surface area contributed by atoms with Gasteiger partial charge in [0.05, 0.1) is 12.0 Å². The van der Waals surface area contributed by atoms with Crippen molar-refractivity contribution in [3.63, 3.8) is 0 Å². The maximum Gasteiger partial charge on any atom is 0.336 e. The molecule has 12 heteroatoms. The minimum absolute atomic E-state index is 0. The van der Waals surface area contributed by atoms with Crippen molar-refractivity contribution in [1.82, 2.24) is 4.72 Å². The van der Waals surface area contributed by atoms with Gasteiger partial charge >= 0.3 is 5.97 Å². The lowest BCUT2D eigenvalue weighted by molar-refractivity contribution is -0.151. The lowest BCUT2D eigenvalue weighted by Crippen LogP contribution is -2.41. The zero-order valence-corrected chi connectivity index (χ0v) is 21.5. The molecule has 0 saturated carbocycles. The number of rotatable bonds is 8. The Hall–Kier alpha value is -2.08. The molecule has 0 spiro atoms. The van der Waals surface area contributed by atoms with Crippen LogP contribution in [0, 0.1) is 20.8 Å². The number of hydrogen-bond donors (Lipinski definition) is 4. The molecule has 10 nitrogen and oxygen atoms in total. The summed E-state index contributed by atoms with van der Waals surface area (Å²) in [5.41, 5.74) is 14.1. The van der Waals surface area contributed by atoms with E-state index in [-0.39, 0.29) is 36.2 Å². The van der Waals surface area contributed by atoms with E-state index < -0.39 is 33.7 Å². The van der Waals surface area contributed by atoms with Crippen molar-refractivity contribution in [2.24, 2.45) is 16.5 Å². The number of nitrogens with zero attached hydrogens (tertiary/aromatic N) is 1. The second-order valence-electron chi connectivity index (χ2n) is 8.70. The standard InChI is InChI=1S/C21H34N4O6S.ClH/c1-11-12(2)18(13(3)14-10-21(4,5)31-17(11)14)32(28,29)25-20(23)24-9-7-8-15(22)16(26)19(27)30-6;/h15-16,26H,7-10,22H2,1-6H3,(H3,23,24,25);1H/t15-,16?;/m0./s1. The number of carbonyl (C=O) groups excluding carboxylic acids is 1. The first kappa shape index (κ1) is 29.0. The molecular formula is C21H35ClN4O6S. The van der Waals surface area contributed by atoms with Crippen LogP contribution in [0.1, 0.15) is 48.9 Å². The molecule has 188 valence electrons. The number of carbonyl (C=O) groups is 1. The van der Waals surface area contributed by atoms with Gasteiger partial charge in [0.25, 0.3) is 10.0 Å². The molecule has 1 aromatic carbocycles. The Morgan fingerprint density at radius 3 is 2.45 bits per heavy atom. The molecule has 1 aromatic rings. The quantitative estimate of drug-likeness (QED) is 0.175. The number of nitrogens with two attached hydrogens (primary N) is 2. The zero-order valence-electron chi connectivity index (χ0n) is 19.9. The van der Waals surface area contributed by atoms with Crippen molar-refractivity contribution < 1.29 is 27.8 Å². The summed E-state index contributed by atoms with van der Waals surface area (Å²) in [4.78, 5) is 15.5. The van der Waals surface area contributed by atoms with Gasteiger partial charge in [-0.2, -0.15) is 0 Å². The number of hydrogen-bond acceptors (Lipinski definition) is 8. The van der Waals surface area contributed by atoms with Crippen LogP contribution in [0.15, 0.2) is 9.89 Å². The molecule has 1 unspecified atom stereocenters. The third kappa shape index (κ3) is 6.50. The van der Waals surface area contributed by atoms with E-state index in [2.05, 4.69) is 14.5 Å². The highest BCUT2D eigenvalue weighted by atomic mass is 35.5. The van der Waals surface area contributed by atoms with Crippen LogP contribution in [0.25, 0.3) is 0 Å². The fourth-order valence-corrected chi connectivity index (χ4v) is 5.37. The van der Waals surface area contributed by atoms with Crippen LogP contribution in [0.3, 0.4) is 0 Å². The molecule has 2 rings (SSSR count). The molecule has 1 aliphatic heterocycles. The van der Waals surface area contributed by atoms with E-state index in [0.717, 1.165) is 24.0 Å². The largest absolute Gasteiger partial charge is 0.487 e. The SMILES string of the molecule is COC(=O)C(O)[C@@H](N)CCCN=C(N)NS(=O)(=O)c1c(C)c(C)c2c(c1C)CC(C)(C)O2.Cl. The van der Waals surface area contributed by atoms with E-state index >= 15 is 0 Å². The zero-order chi connectivity index (χ0) is 24.4. The van der Waals surface area contributed by atoms with Gasteiger partial charge in [-0.25, -0.2) is 17.9 Å². The van der Waals surface area contributed by atoms with E-state index in [0.29, 0.717) is 24.0 Å². The van der Waals surface area contributed by atoms with Gasteiger partial charge < -0.3 is 26.0 Å². The highest BCUT2D eigenvalue weighted by Crippen LogP contribution is 2.43. The van der Waals surface area contributed by atoms with Gasteiger partial charge in [0.15, 0.2) is 6.10 Å². The third-order valence-electron chi connectivity index (χ3n) is 5.63. The average Bonchev–Trinajstić information content (AvgIpc) is 3.03. The fourth-order valence-electron chi connectivity index (χ4n) is 3.85. The molecule has 33 heavy (non-hydrogen) atoms. The van der Waals surface area contributed by atoms with Crippen LogP contribution in [0.5, 0.6) is 5.75 Å². The number of ether oxygens (including phenoxy) is 2. The topological polar surface area (TPSA) is 166 Å². The fraction of sp³-hybridized carbons (Fsp3) is 0.619. The van der Waals surface area contributed by atoms with Crippen molar-refractivity contribution in [1.29, 1.82) is 0 Å². The number of guanidine groups is 1. The molecule has 0 aliphatic carbocycles. The number of aliphatic hydroxyl groups excluding tert-OH is 1. The maximum atomic E-state index is 13.1. The third-order valence-corrected chi connectivity index (χ3v) is 7.25. The Morgan fingerprint density at radius 2 is 1.88 bits per heavy atom. The second kappa shape index (κ2) is 10.9. The van der Waals surface area contributed by atoms with Gasteiger partial charge in [0.1, 0.15) is 11.4 Å². The summed E-state index contributed by atoms with van der Waals surface area (Å²) in [6, 6.07) is -0.818. The van der Waals surface area contributed by atoms with Crippen molar-refractivity contribution >= 4 is 34.4 Å². The Balaban J connectivity index is 0.00000544. The molecule has 0 bridgehead atoms. The number of esters is 1. The molecule has 1 aliphatic rings. The monoisotopic (exact) mass is 506 g/mol. The van der Waals surface area contributed by atoms with Crippen molar-refractivity contribution in [3.05, 3.63) is 22.3 Å². The number of halogens is 1. The van der Waals surface area contributed by atoms with E-state index in [4.69, 9.17) is 16.2 Å². The molecule has 0 radical (unpaired) electrons. The predicted octanol–water partition coefficient (Wildman–Crippen LogP) is 0.982.